The molecule has 2 aromatic carbocycles. The van der Waals surface area contributed by atoms with Gasteiger partial charge in [0.25, 0.3) is 5.60 Å². The van der Waals surface area contributed by atoms with Crippen LogP contribution in [0.15, 0.2) is 42.5 Å². The Hall–Kier alpha value is -3.15. The fraction of sp³-hybridized carbons (Fsp3) is 0.250. The molecule has 4 rings (SSSR count). The van der Waals surface area contributed by atoms with E-state index in [1.54, 1.807) is 42.5 Å². The summed E-state index contributed by atoms with van der Waals surface area (Å²) in [5, 5.41) is 0. The van der Waals surface area contributed by atoms with E-state index in [-0.39, 0.29) is 0 Å². The molecule has 0 fully saturated rings. The molecule has 0 amide bonds. The molecule has 0 saturated carbocycles. The standard InChI is InChI=1S/C20H16O6/c1-11-8-9-16-17(10-11)26-20(25-13(3)22)15-7-5-4-6-14(15)18(23)19(16,20)24-12(2)21/h4-10H,1-3H3. The van der Waals surface area contributed by atoms with E-state index < -0.39 is 29.1 Å². The lowest BCUT2D eigenvalue weighted by molar-refractivity contribution is -0.254. The number of fused-ring (bicyclic) bond motifs is 5. The number of hydrogen-bond donors (Lipinski definition) is 0. The molecule has 6 heteroatoms. The van der Waals surface area contributed by atoms with E-state index in [4.69, 9.17) is 14.2 Å². The van der Waals surface area contributed by atoms with Crippen molar-refractivity contribution in [2.45, 2.75) is 32.2 Å². The molecule has 0 aromatic heterocycles. The van der Waals surface area contributed by atoms with Crippen molar-refractivity contribution in [1.29, 1.82) is 0 Å². The van der Waals surface area contributed by atoms with Crippen molar-refractivity contribution in [3.63, 3.8) is 0 Å². The molecule has 0 spiro atoms. The van der Waals surface area contributed by atoms with Crippen LogP contribution in [0, 0.1) is 6.92 Å². The number of rotatable bonds is 2. The Kier molecular flexibility index (Phi) is 3.25. The Morgan fingerprint density at radius 3 is 2.35 bits per heavy atom. The van der Waals surface area contributed by atoms with Crippen molar-refractivity contribution in [2.75, 3.05) is 0 Å². The molecule has 0 bridgehead atoms. The third-order valence-electron chi connectivity index (χ3n) is 4.66. The van der Waals surface area contributed by atoms with Crippen molar-refractivity contribution in [1.82, 2.24) is 0 Å². The van der Waals surface area contributed by atoms with Crippen LogP contribution in [-0.2, 0) is 30.5 Å². The Morgan fingerprint density at radius 1 is 0.962 bits per heavy atom. The molecule has 1 aliphatic carbocycles. The van der Waals surface area contributed by atoms with Crippen LogP contribution in [-0.4, -0.2) is 17.7 Å². The van der Waals surface area contributed by atoms with E-state index in [0.717, 1.165) is 5.56 Å². The van der Waals surface area contributed by atoms with E-state index >= 15 is 0 Å². The van der Waals surface area contributed by atoms with Crippen LogP contribution in [0.1, 0.15) is 40.9 Å². The molecule has 1 heterocycles. The molecule has 132 valence electrons. The number of hydrogen-bond acceptors (Lipinski definition) is 6. The Balaban J connectivity index is 2.09. The van der Waals surface area contributed by atoms with E-state index in [2.05, 4.69) is 0 Å². The number of aryl methyl sites for hydroxylation is 1. The van der Waals surface area contributed by atoms with Crippen LogP contribution in [0.25, 0.3) is 0 Å². The van der Waals surface area contributed by atoms with E-state index in [9.17, 15) is 14.4 Å². The zero-order valence-electron chi connectivity index (χ0n) is 14.5. The molecule has 2 aliphatic rings. The summed E-state index contributed by atoms with van der Waals surface area (Å²) in [4.78, 5) is 37.3. The molecule has 2 atom stereocenters. The molecule has 6 nitrogen and oxygen atoms in total. The minimum atomic E-state index is -1.91. The maximum absolute atomic E-state index is 13.4. The molecule has 0 N–H and O–H groups in total. The summed E-state index contributed by atoms with van der Waals surface area (Å²) in [6, 6.07) is 11.8. The number of carbonyl (C=O) groups excluding carboxylic acids is 3. The summed E-state index contributed by atoms with van der Waals surface area (Å²) in [6.45, 7) is 4.29. The van der Waals surface area contributed by atoms with Gasteiger partial charge in [-0.1, -0.05) is 36.4 Å². The minimum absolute atomic E-state index is 0.293. The molecular formula is C20H16O6. The zero-order chi connectivity index (χ0) is 18.7. The molecule has 1 aliphatic heterocycles. The summed E-state index contributed by atoms with van der Waals surface area (Å²) in [5.41, 5.74) is -0.00490. The van der Waals surface area contributed by atoms with Gasteiger partial charge in [-0.25, -0.2) is 0 Å². The topological polar surface area (TPSA) is 78.9 Å². The van der Waals surface area contributed by atoms with Gasteiger partial charge in [-0.2, -0.15) is 0 Å². The number of ketones is 1. The zero-order valence-corrected chi connectivity index (χ0v) is 14.5. The summed E-state index contributed by atoms with van der Waals surface area (Å²) in [5.74, 6) is -3.35. The SMILES string of the molecule is CC(=O)OC12Oc3cc(C)ccc3C1(OC(C)=O)C(=O)c1ccccc12. The third kappa shape index (κ3) is 1.84. The predicted octanol–water partition coefficient (Wildman–Crippen LogP) is 2.76. The second kappa shape index (κ2) is 5.17. The van der Waals surface area contributed by atoms with Crippen molar-refractivity contribution in [2.24, 2.45) is 0 Å². The van der Waals surface area contributed by atoms with Gasteiger partial charge in [0.15, 0.2) is 0 Å². The second-order valence-electron chi connectivity index (χ2n) is 6.46. The lowest BCUT2D eigenvalue weighted by Crippen LogP contribution is -2.53. The molecule has 0 saturated heterocycles. The van der Waals surface area contributed by atoms with Gasteiger partial charge in [-0.3, -0.25) is 14.4 Å². The lowest BCUT2D eigenvalue weighted by atomic mass is 9.86. The Bertz CT molecular complexity index is 978. The van der Waals surface area contributed by atoms with Gasteiger partial charge in [0.05, 0.1) is 11.1 Å². The first-order valence-electron chi connectivity index (χ1n) is 8.15. The third-order valence-corrected chi connectivity index (χ3v) is 4.66. The summed E-state index contributed by atoms with van der Waals surface area (Å²) < 4.78 is 17.3. The van der Waals surface area contributed by atoms with Gasteiger partial charge >= 0.3 is 17.7 Å². The first-order chi connectivity index (χ1) is 12.3. The average Bonchev–Trinajstić information content (AvgIpc) is 2.92. The summed E-state index contributed by atoms with van der Waals surface area (Å²) >= 11 is 0. The van der Waals surface area contributed by atoms with Gasteiger partial charge in [0.2, 0.25) is 5.78 Å². The highest BCUT2D eigenvalue weighted by Crippen LogP contribution is 2.62. The monoisotopic (exact) mass is 352 g/mol. The number of carbonyl (C=O) groups is 3. The van der Waals surface area contributed by atoms with Crippen LogP contribution in [0.4, 0.5) is 0 Å². The largest absolute Gasteiger partial charge is 0.444 e. The molecule has 26 heavy (non-hydrogen) atoms. The highest BCUT2D eigenvalue weighted by atomic mass is 16.8. The van der Waals surface area contributed by atoms with E-state index in [1.165, 1.54) is 13.8 Å². The van der Waals surface area contributed by atoms with Gasteiger partial charge < -0.3 is 14.2 Å². The quantitative estimate of drug-likeness (QED) is 0.774. The Morgan fingerprint density at radius 2 is 1.65 bits per heavy atom. The highest BCUT2D eigenvalue weighted by molar-refractivity contribution is 6.11. The fourth-order valence-electron chi connectivity index (χ4n) is 3.82. The highest BCUT2D eigenvalue weighted by Gasteiger charge is 2.76. The maximum Gasteiger partial charge on any atom is 0.334 e. The summed E-state index contributed by atoms with van der Waals surface area (Å²) in [7, 11) is 0. The normalized spacial score (nSPS) is 25.0. The molecule has 2 aromatic rings. The van der Waals surface area contributed by atoms with Crippen molar-refractivity contribution in [3.8, 4) is 5.75 Å². The molecule has 0 radical (unpaired) electrons. The van der Waals surface area contributed by atoms with Crippen molar-refractivity contribution < 1.29 is 28.6 Å². The van der Waals surface area contributed by atoms with Gasteiger partial charge in [0.1, 0.15) is 5.75 Å². The van der Waals surface area contributed by atoms with Gasteiger partial charge in [0, 0.05) is 19.4 Å². The number of Topliss-reactive ketones (excluding diaryl/α,β-unsaturated/α-hetero) is 1. The molecule has 2 unspecified atom stereocenters. The average molecular weight is 352 g/mol. The smallest absolute Gasteiger partial charge is 0.334 e. The first-order valence-corrected chi connectivity index (χ1v) is 8.15. The number of benzene rings is 2. The van der Waals surface area contributed by atoms with Crippen LogP contribution in [0.3, 0.4) is 0 Å². The van der Waals surface area contributed by atoms with Crippen LogP contribution >= 0.6 is 0 Å². The van der Waals surface area contributed by atoms with Crippen molar-refractivity contribution in [3.05, 3.63) is 64.7 Å². The molecular weight excluding hydrogens is 336 g/mol. The minimum Gasteiger partial charge on any atom is -0.444 e. The number of esters is 2. The number of ether oxygens (including phenoxy) is 3. The lowest BCUT2D eigenvalue weighted by Gasteiger charge is -2.35. The maximum atomic E-state index is 13.4. The van der Waals surface area contributed by atoms with Gasteiger partial charge in [-0.15, -0.1) is 0 Å². The summed E-state index contributed by atoms with van der Waals surface area (Å²) in [6.07, 6.45) is 0. The first kappa shape index (κ1) is 16.3. The predicted molar refractivity (Wildman–Crippen MR) is 89.5 cm³/mol. The second-order valence-corrected chi connectivity index (χ2v) is 6.46. The fourth-order valence-corrected chi connectivity index (χ4v) is 3.82. The van der Waals surface area contributed by atoms with Crippen LogP contribution < -0.4 is 4.74 Å². The van der Waals surface area contributed by atoms with Crippen LogP contribution in [0.5, 0.6) is 5.75 Å². The van der Waals surface area contributed by atoms with Gasteiger partial charge in [-0.05, 0) is 18.6 Å². The van der Waals surface area contributed by atoms with Crippen LogP contribution in [0.2, 0.25) is 0 Å². The Labute approximate surface area is 149 Å². The van der Waals surface area contributed by atoms with E-state index in [1.807, 2.05) is 6.92 Å². The van der Waals surface area contributed by atoms with Crippen molar-refractivity contribution >= 4 is 17.7 Å². The van der Waals surface area contributed by atoms with E-state index in [0.29, 0.717) is 22.4 Å².